The Morgan fingerprint density at radius 2 is 1.70 bits per heavy atom. The summed E-state index contributed by atoms with van der Waals surface area (Å²) in [4.78, 5) is 27.4. The zero-order valence-corrected chi connectivity index (χ0v) is 12.0. The van der Waals surface area contributed by atoms with Gasteiger partial charge in [-0.15, -0.1) is 0 Å². The number of H-pyrrole nitrogens is 2. The van der Waals surface area contributed by atoms with Crippen molar-refractivity contribution in [1.29, 1.82) is 0 Å². The Morgan fingerprint density at radius 1 is 1.10 bits per heavy atom. The lowest BCUT2D eigenvalue weighted by Gasteiger charge is -2.21. The molecule has 0 bridgehead atoms. The van der Waals surface area contributed by atoms with Crippen LogP contribution in [0, 0.1) is 0 Å². The van der Waals surface area contributed by atoms with Gasteiger partial charge in [-0.05, 0) is 23.1 Å². The van der Waals surface area contributed by atoms with Crippen LogP contribution in [0.3, 0.4) is 0 Å². The highest BCUT2D eigenvalue weighted by atomic mass is 32.2. The highest BCUT2D eigenvalue weighted by Gasteiger charge is 2.23. The van der Waals surface area contributed by atoms with Crippen LogP contribution < -0.4 is 11.2 Å². The summed E-state index contributed by atoms with van der Waals surface area (Å²) in [6.07, 6.45) is 0. The maximum absolute atomic E-state index is 11.9. The molecule has 0 amide bonds. The van der Waals surface area contributed by atoms with Crippen molar-refractivity contribution >= 4 is 21.0 Å². The number of nitrogens with one attached hydrogen (secondary N) is 2. The molecule has 0 atom stereocenters. The van der Waals surface area contributed by atoms with Crippen LogP contribution in [-0.4, -0.2) is 22.9 Å². The number of aromatic nitrogens is 2. The van der Waals surface area contributed by atoms with E-state index in [0.717, 1.165) is 6.07 Å². The first-order valence-electron chi connectivity index (χ1n) is 5.78. The van der Waals surface area contributed by atoms with E-state index in [9.17, 15) is 22.6 Å². The molecule has 20 heavy (non-hydrogen) atoms. The van der Waals surface area contributed by atoms with E-state index in [4.69, 9.17) is 0 Å². The van der Waals surface area contributed by atoms with E-state index in [-0.39, 0.29) is 15.8 Å². The fourth-order valence-corrected chi connectivity index (χ4v) is 2.55. The largest absolute Gasteiger partial charge is 0.326 e. The normalized spacial score (nSPS) is 12.8. The van der Waals surface area contributed by atoms with Crippen molar-refractivity contribution < 1.29 is 13.0 Å². The summed E-state index contributed by atoms with van der Waals surface area (Å²) in [5.41, 5.74) is -1.41. The third-order valence-corrected chi connectivity index (χ3v) is 3.75. The molecule has 3 N–H and O–H groups in total. The van der Waals surface area contributed by atoms with E-state index in [1.54, 1.807) is 20.8 Å². The highest BCUT2D eigenvalue weighted by Crippen LogP contribution is 2.29. The summed E-state index contributed by atoms with van der Waals surface area (Å²) in [5, 5.41) is 0.199. The molecular weight excluding hydrogens is 284 g/mol. The van der Waals surface area contributed by atoms with E-state index >= 15 is 0 Å². The van der Waals surface area contributed by atoms with E-state index in [0.29, 0.717) is 5.56 Å². The molecule has 108 valence electrons. The minimum Gasteiger partial charge on any atom is -0.307 e. The minimum absolute atomic E-state index is 0.0683. The average molecular weight is 298 g/mol. The Labute approximate surface area is 114 Å². The quantitative estimate of drug-likeness (QED) is 0.671. The van der Waals surface area contributed by atoms with E-state index in [2.05, 4.69) is 9.97 Å². The van der Waals surface area contributed by atoms with Crippen LogP contribution in [0.4, 0.5) is 0 Å². The number of fused-ring (bicyclic) bond motifs is 1. The molecule has 0 spiro atoms. The zero-order chi connectivity index (χ0) is 15.3. The molecule has 0 aliphatic carbocycles. The molecule has 7 nitrogen and oxygen atoms in total. The van der Waals surface area contributed by atoms with Crippen molar-refractivity contribution in [3.05, 3.63) is 38.5 Å². The number of aromatic amines is 2. The summed E-state index contributed by atoms with van der Waals surface area (Å²) < 4.78 is 31.8. The molecule has 0 unspecified atom stereocenters. The molecule has 1 aromatic carbocycles. The molecule has 0 saturated carbocycles. The molecule has 1 heterocycles. The van der Waals surface area contributed by atoms with Crippen LogP contribution >= 0.6 is 0 Å². The minimum atomic E-state index is -4.44. The lowest BCUT2D eigenvalue weighted by Crippen LogP contribution is -2.25. The topological polar surface area (TPSA) is 120 Å². The predicted octanol–water partition coefficient (Wildman–Crippen LogP) is 0.761. The number of hydrogen-bond acceptors (Lipinski definition) is 4. The lowest BCUT2D eigenvalue weighted by atomic mass is 9.85. The summed E-state index contributed by atoms with van der Waals surface area (Å²) in [6.45, 7) is 5.38. The molecule has 0 saturated heterocycles. The smallest absolute Gasteiger partial charge is 0.307 e. The van der Waals surface area contributed by atoms with Gasteiger partial charge in [-0.1, -0.05) is 20.8 Å². The maximum Gasteiger partial charge on any atom is 0.326 e. The molecule has 2 rings (SSSR count). The molecule has 0 aliphatic heterocycles. The van der Waals surface area contributed by atoms with Gasteiger partial charge in [0.2, 0.25) is 0 Å². The van der Waals surface area contributed by atoms with Gasteiger partial charge in [0.25, 0.3) is 15.7 Å². The molecule has 0 aliphatic rings. The van der Waals surface area contributed by atoms with Gasteiger partial charge in [0.05, 0.1) is 15.8 Å². The first-order chi connectivity index (χ1) is 9.00. The molecule has 2 aromatic rings. The first-order valence-corrected chi connectivity index (χ1v) is 7.22. The van der Waals surface area contributed by atoms with Gasteiger partial charge in [-0.25, -0.2) is 4.79 Å². The van der Waals surface area contributed by atoms with Gasteiger partial charge in [0, 0.05) is 0 Å². The summed E-state index contributed by atoms with van der Waals surface area (Å²) in [7, 11) is -4.44. The SMILES string of the molecule is CC(C)(C)c1cc(S(=O)(=O)O)cc2[nH]c(=O)[nH]c(=O)c12. The van der Waals surface area contributed by atoms with E-state index in [1.165, 1.54) is 6.07 Å². The van der Waals surface area contributed by atoms with Crippen molar-refractivity contribution in [1.82, 2.24) is 9.97 Å². The Kier molecular flexibility index (Phi) is 3.10. The molecule has 8 heteroatoms. The fraction of sp³-hybridized carbons (Fsp3) is 0.333. The Morgan fingerprint density at radius 3 is 2.20 bits per heavy atom. The van der Waals surface area contributed by atoms with Crippen molar-refractivity contribution in [3.63, 3.8) is 0 Å². The monoisotopic (exact) mass is 298 g/mol. The average Bonchev–Trinajstić information content (AvgIpc) is 2.24. The second-order valence-corrected chi connectivity index (χ2v) is 6.95. The Balaban J connectivity index is 3.09. The second-order valence-electron chi connectivity index (χ2n) is 5.53. The maximum atomic E-state index is 11.9. The first kappa shape index (κ1) is 14.5. The van der Waals surface area contributed by atoms with Crippen LogP contribution in [0.15, 0.2) is 26.6 Å². The lowest BCUT2D eigenvalue weighted by molar-refractivity contribution is 0.482. The van der Waals surface area contributed by atoms with Gasteiger partial charge in [0.1, 0.15) is 0 Å². The predicted molar refractivity (Wildman–Crippen MR) is 73.7 cm³/mol. The third-order valence-electron chi connectivity index (χ3n) is 2.92. The van der Waals surface area contributed by atoms with Crippen molar-refractivity contribution in [2.24, 2.45) is 0 Å². The molecule has 0 fully saturated rings. The van der Waals surface area contributed by atoms with Gasteiger partial charge in [-0.3, -0.25) is 14.3 Å². The van der Waals surface area contributed by atoms with Crippen LogP contribution in [0.5, 0.6) is 0 Å². The van der Waals surface area contributed by atoms with Crippen molar-refractivity contribution in [3.8, 4) is 0 Å². The standard InChI is InChI=1S/C12H14N2O5S/c1-12(2,3)7-4-6(20(17,18)19)5-8-9(7)10(15)14-11(16)13-8/h4-5H,1-3H3,(H,17,18,19)(H2,13,14,15,16). The van der Waals surface area contributed by atoms with Crippen molar-refractivity contribution in [2.75, 3.05) is 0 Å². The van der Waals surface area contributed by atoms with Crippen molar-refractivity contribution in [2.45, 2.75) is 31.1 Å². The summed E-state index contributed by atoms with van der Waals surface area (Å²) >= 11 is 0. The molecular formula is C12H14N2O5S. The Hall–Kier alpha value is -1.93. The van der Waals surface area contributed by atoms with E-state index in [1.807, 2.05) is 0 Å². The highest BCUT2D eigenvalue weighted by molar-refractivity contribution is 7.85. The third kappa shape index (κ3) is 2.52. The van der Waals surface area contributed by atoms with Crippen LogP contribution in [0.1, 0.15) is 26.3 Å². The molecule has 0 radical (unpaired) electrons. The van der Waals surface area contributed by atoms with Gasteiger partial charge < -0.3 is 4.98 Å². The van der Waals surface area contributed by atoms with Gasteiger partial charge in [-0.2, -0.15) is 8.42 Å². The second kappa shape index (κ2) is 4.29. The van der Waals surface area contributed by atoms with Gasteiger partial charge in [0.15, 0.2) is 0 Å². The number of hydrogen-bond donors (Lipinski definition) is 3. The zero-order valence-electron chi connectivity index (χ0n) is 11.1. The number of rotatable bonds is 1. The fourth-order valence-electron chi connectivity index (χ4n) is 2.02. The van der Waals surface area contributed by atoms with E-state index < -0.39 is 26.8 Å². The van der Waals surface area contributed by atoms with Crippen LogP contribution in [-0.2, 0) is 15.5 Å². The number of benzene rings is 1. The van der Waals surface area contributed by atoms with Gasteiger partial charge >= 0.3 is 5.69 Å². The molecule has 1 aromatic heterocycles. The van der Waals surface area contributed by atoms with Crippen LogP contribution in [0.2, 0.25) is 0 Å². The summed E-state index contributed by atoms with van der Waals surface area (Å²) in [5.74, 6) is 0. The summed E-state index contributed by atoms with van der Waals surface area (Å²) in [6, 6.07) is 2.31. The van der Waals surface area contributed by atoms with Crippen LogP contribution in [0.25, 0.3) is 10.9 Å². The Bertz CT molecular complexity index is 900.